The maximum absolute atomic E-state index is 14.1. The van der Waals surface area contributed by atoms with Crippen LogP contribution in [0.3, 0.4) is 0 Å². The van der Waals surface area contributed by atoms with Gasteiger partial charge in [-0.25, -0.2) is 4.39 Å². The SMILES string of the molecule is CNC(c1cccc(Cl)c1F)C1CCCCCC1. The highest BCUT2D eigenvalue weighted by atomic mass is 35.5. The van der Waals surface area contributed by atoms with Crippen molar-refractivity contribution in [2.24, 2.45) is 5.92 Å². The number of benzene rings is 1. The lowest BCUT2D eigenvalue weighted by molar-refractivity contribution is 0.333. The molecule has 1 aromatic carbocycles. The van der Waals surface area contributed by atoms with Gasteiger partial charge < -0.3 is 5.32 Å². The average Bonchev–Trinajstić information content (AvgIpc) is 2.64. The summed E-state index contributed by atoms with van der Waals surface area (Å²) in [5.41, 5.74) is 0.719. The number of hydrogen-bond donors (Lipinski definition) is 1. The van der Waals surface area contributed by atoms with Crippen molar-refractivity contribution in [3.8, 4) is 0 Å². The number of halogens is 2. The van der Waals surface area contributed by atoms with E-state index < -0.39 is 0 Å². The van der Waals surface area contributed by atoms with Crippen LogP contribution in [0.15, 0.2) is 18.2 Å². The summed E-state index contributed by atoms with van der Waals surface area (Å²) in [5, 5.41) is 3.51. The molecule has 1 aromatic rings. The van der Waals surface area contributed by atoms with Crippen LogP contribution in [0.1, 0.15) is 50.1 Å². The molecule has 1 unspecified atom stereocenters. The minimum absolute atomic E-state index is 0.0850. The maximum Gasteiger partial charge on any atom is 0.146 e. The molecule has 1 N–H and O–H groups in total. The second kappa shape index (κ2) is 6.53. The Morgan fingerprint density at radius 3 is 2.50 bits per heavy atom. The normalized spacial score (nSPS) is 19.5. The lowest BCUT2D eigenvalue weighted by Crippen LogP contribution is -2.26. The van der Waals surface area contributed by atoms with Crippen LogP contribution in [0.4, 0.5) is 4.39 Å². The van der Waals surface area contributed by atoms with Crippen LogP contribution in [0, 0.1) is 11.7 Å². The van der Waals surface area contributed by atoms with Gasteiger partial charge in [-0.15, -0.1) is 0 Å². The first-order valence-electron chi connectivity index (χ1n) is 6.85. The Balaban J connectivity index is 2.23. The molecule has 0 saturated heterocycles. The largest absolute Gasteiger partial charge is 0.313 e. The highest BCUT2D eigenvalue weighted by molar-refractivity contribution is 6.30. The van der Waals surface area contributed by atoms with Gasteiger partial charge in [0.05, 0.1) is 5.02 Å². The fourth-order valence-corrected chi connectivity index (χ4v) is 3.23. The molecule has 18 heavy (non-hydrogen) atoms. The third-order valence-electron chi connectivity index (χ3n) is 4.00. The molecule has 0 heterocycles. The van der Waals surface area contributed by atoms with Gasteiger partial charge in [0.1, 0.15) is 5.82 Å². The summed E-state index contributed by atoms with van der Waals surface area (Å²) < 4.78 is 14.1. The molecular formula is C15H21ClFN. The van der Waals surface area contributed by atoms with E-state index in [0.717, 1.165) is 5.56 Å². The van der Waals surface area contributed by atoms with Crippen LogP contribution in [0.25, 0.3) is 0 Å². The van der Waals surface area contributed by atoms with Crippen molar-refractivity contribution in [2.45, 2.75) is 44.6 Å². The van der Waals surface area contributed by atoms with Crippen molar-refractivity contribution in [1.29, 1.82) is 0 Å². The Labute approximate surface area is 114 Å². The fourth-order valence-electron chi connectivity index (χ4n) is 3.05. The Morgan fingerprint density at radius 1 is 1.22 bits per heavy atom. The lowest BCUT2D eigenvalue weighted by atomic mass is 9.87. The fraction of sp³-hybridized carbons (Fsp3) is 0.600. The molecule has 1 fully saturated rings. The maximum atomic E-state index is 14.1. The number of hydrogen-bond acceptors (Lipinski definition) is 1. The summed E-state index contributed by atoms with van der Waals surface area (Å²) in [5.74, 6) is 0.258. The Hall–Kier alpha value is -0.600. The average molecular weight is 270 g/mol. The van der Waals surface area contributed by atoms with Crippen LogP contribution < -0.4 is 5.32 Å². The molecule has 0 spiro atoms. The molecule has 1 saturated carbocycles. The molecule has 0 bridgehead atoms. The summed E-state index contributed by atoms with van der Waals surface area (Å²) in [6, 6.07) is 5.39. The van der Waals surface area contributed by atoms with Gasteiger partial charge in [-0.3, -0.25) is 0 Å². The van der Waals surface area contributed by atoms with Crippen LogP contribution in [0.2, 0.25) is 5.02 Å². The second-order valence-electron chi connectivity index (χ2n) is 5.16. The summed E-state index contributed by atoms with van der Waals surface area (Å²) in [6.07, 6.45) is 7.49. The molecule has 1 aliphatic carbocycles. The van der Waals surface area contributed by atoms with Crippen molar-refractivity contribution in [2.75, 3.05) is 7.05 Å². The van der Waals surface area contributed by atoms with Gasteiger partial charge in [0.2, 0.25) is 0 Å². The van der Waals surface area contributed by atoms with E-state index in [9.17, 15) is 4.39 Å². The van der Waals surface area contributed by atoms with Gasteiger partial charge >= 0.3 is 0 Å². The van der Waals surface area contributed by atoms with Gasteiger partial charge in [-0.05, 0) is 31.9 Å². The molecule has 2 rings (SSSR count). The van der Waals surface area contributed by atoms with Crippen LogP contribution in [-0.4, -0.2) is 7.05 Å². The van der Waals surface area contributed by atoms with Gasteiger partial charge in [-0.1, -0.05) is 49.4 Å². The zero-order chi connectivity index (χ0) is 13.0. The van der Waals surface area contributed by atoms with Gasteiger partial charge in [-0.2, -0.15) is 0 Å². The first-order chi connectivity index (χ1) is 8.74. The Kier molecular flexibility index (Phi) is 5.02. The molecule has 100 valence electrons. The minimum atomic E-state index is -0.261. The van der Waals surface area contributed by atoms with E-state index in [1.807, 2.05) is 19.2 Å². The first kappa shape index (κ1) is 13.8. The van der Waals surface area contributed by atoms with Crippen molar-refractivity contribution in [1.82, 2.24) is 5.32 Å². The lowest BCUT2D eigenvalue weighted by Gasteiger charge is -2.26. The third kappa shape index (κ3) is 3.04. The van der Waals surface area contributed by atoms with E-state index in [0.29, 0.717) is 5.92 Å². The van der Waals surface area contributed by atoms with Gasteiger partial charge in [0.25, 0.3) is 0 Å². The molecule has 1 aliphatic rings. The van der Waals surface area contributed by atoms with Crippen LogP contribution in [0.5, 0.6) is 0 Å². The van der Waals surface area contributed by atoms with Crippen LogP contribution in [-0.2, 0) is 0 Å². The van der Waals surface area contributed by atoms with Gasteiger partial charge in [0.15, 0.2) is 0 Å². The number of nitrogens with one attached hydrogen (secondary N) is 1. The van der Waals surface area contributed by atoms with Crippen molar-refractivity contribution in [3.05, 3.63) is 34.6 Å². The predicted octanol–water partition coefficient (Wildman–Crippen LogP) is 4.71. The highest BCUT2D eigenvalue weighted by Crippen LogP contribution is 2.35. The smallest absolute Gasteiger partial charge is 0.146 e. The van der Waals surface area contributed by atoms with E-state index >= 15 is 0 Å². The highest BCUT2D eigenvalue weighted by Gasteiger charge is 2.25. The van der Waals surface area contributed by atoms with Crippen molar-refractivity contribution in [3.63, 3.8) is 0 Å². The Morgan fingerprint density at radius 2 is 1.89 bits per heavy atom. The molecule has 3 heteroatoms. The van der Waals surface area contributed by atoms with E-state index in [4.69, 9.17) is 11.6 Å². The summed E-state index contributed by atoms with van der Waals surface area (Å²) in [4.78, 5) is 0. The van der Waals surface area contributed by atoms with E-state index in [1.165, 1.54) is 38.5 Å². The second-order valence-corrected chi connectivity index (χ2v) is 5.57. The molecule has 0 radical (unpaired) electrons. The molecule has 1 nitrogen and oxygen atoms in total. The van der Waals surface area contributed by atoms with E-state index in [-0.39, 0.29) is 16.9 Å². The minimum Gasteiger partial charge on any atom is -0.313 e. The quantitative estimate of drug-likeness (QED) is 0.784. The topological polar surface area (TPSA) is 12.0 Å². The molecular weight excluding hydrogens is 249 g/mol. The standard InChI is InChI=1S/C15H21ClFN/c1-18-15(11-7-4-2-3-5-8-11)12-9-6-10-13(16)14(12)17/h6,9-11,15,18H,2-5,7-8H2,1H3. The zero-order valence-electron chi connectivity index (χ0n) is 10.9. The monoisotopic (exact) mass is 269 g/mol. The summed E-state index contributed by atoms with van der Waals surface area (Å²) in [7, 11) is 1.91. The first-order valence-corrected chi connectivity index (χ1v) is 7.23. The zero-order valence-corrected chi connectivity index (χ0v) is 11.6. The van der Waals surface area contributed by atoms with E-state index in [1.54, 1.807) is 6.07 Å². The van der Waals surface area contributed by atoms with Crippen molar-refractivity contribution >= 4 is 11.6 Å². The predicted molar refractivity (Wildman–Crippen MR) is 74.4 cm³/mol. The van der Waals surface area contributed by atoms with E-state index in [2.05, 4.69) is 5.32 Å². The number of rotatable bonds is 3. The third-order valence-corrected chi connectivity index (χ3v) is 4.29. The van der Waals surface area contributed by atoms with Crippen LogP contribution >= 0.6 is 11.6 Å². The summed E-state index contributed by atoms with van der Waals surface area (Å²) in [6.45, 7) is 0. The Bertz CT molecular complexity index is 386. The summed E-state index contributed by atoms with van der Waals surface area (Å²) >= 11 is 5.88. The molecule has 0 amide bonds. The molecule has 1 atom stereocenters. The molecule has 0 aromatic heterocycles. The van der Waals surface area contributed by atoms with Gasteiger partial charge in [0, 0.05) is 11.6 Å². The molecule has 0 aliphatic heterocycles. The van der Waals surface area contributed by atoms with Crippen molar-refractivity contribution < 1.29 is 4.39 Å².